The minimum Gasteiger partial charge on any atom is -0.392 e. The molecule has 3 N–H and O–H groups in total. The van der Waals surface area contributed by atoms with Crippen molar-refractivity contribution >= 4 is 0 Å². The van der Waals surface area contributed by atoms with E-state index in [0.29, 0.717) is 5.56 Å². The van der Waals surface area contributed by atoms with E-state index in [0.717, 1.165) is 31.7 Å². The molecule has 0 aliphatic heterocycles. The van der Waals surface area contributed by atoms with Crippen LogP contribution in [-0.2, 0) is 0 Å². The first-order valence-electron chi connectivity index (χ1n) is 7.46. The minimum absolute atomic E-state index is 0.178. The van der Waals surface area contributed by atoms with Gasteiger partial charge in [-0.2, -0.15) is 0 Å². The maximum absolute atomic E-state index is 13.3. The maximum Gasteiger partial charge on any atom is 0.126 e. The van der Waals surface area contributed by atoms with E-state index in [1.165, 1.54) is 25.0 Å². The Morgan fingerprint density at radius 1 is 1.05 bits per heavy atom. The molecular weight excluding hydrogens is 260 g/mol. The van der Waals surface area contributed by atoms with Crippen molar-refractivity contribution in [3.63, 3.8) is 0 Å². The third-order valence-corrected chi connectivity index (χ3v) is 4.36. The van der Waals surface area contributed by atoms with Crippen LogP contribution in [0, 0.1) is 17.6 Å². The number of rotatable bonds is 4. The molecule has 1 aromatic carbocycles. The van der Waals surface area contributed by atoms with Crippen LogP contribution in [0.2, 0.25) is 0 Å². The molecule has 4 heteroatoms. The van der Waals surface area contributed by atoms with Gasteiger partial charge in [0.15, 0.2) is 0 Å². The molecule has 0 heterocycles. The highest BCUT2D eigenvalue weighted by Crippen LogP contribution is 2.32. The zero-order valence-corrected chi connectivity index (χ0v) is 11.7. The molecule has 0 radical (unpaired) electrons. The molecule has 1 aliphatic carbocycles. The van der Waals surface area contributed by atoms with Gasteiger partial charge in [-0.1, -0.05) is 25.7 Å². The predicted molar refractivity (Wildman–Crippen MR) is 75.4 cm³/mol. The lowest BCUT2D eigenvalue weighted by molar-refractivity contribution is 0.0740. The van der Waals surface area contributed by atoms with Gasteiger partial charge in [0.25, 0.3) is 0 Å². The summed E-state index contributed by atoms with van der Waals surface area (Å²) < 4.78 is 26.7. The quantitative estimate of drug-likeness (QED) is 0.833. The first kappa shape index (κ1) is 15.4. The van der Waals surface area contributed by atoms with Gasteiger partial charge in [-0.25, -0.2) is 8.78 Å². The summed E-state index contributed by atoms with van der Waals surface area (Å²) in [4.78, 5) is 0. The number of hydrogen-bond acceptors (Lipinski definition) is 2. The molecule has 0 aromatic heterocycles. The van der Waals surface area contributed by atoms with Crippen LogP contribution < -0.4 is 5.73 Å². The molecule has 2 rings (SSSR count). The number of hydrogen-bond donors (Lipinski definition) is 2. The lowest BCUT2D eigenvalue weighted by atomic mass is 9.82. The summed E-state index contributed by atoms with van der Waals surface area (Å²) in [5, 5.41) is 10.6. The Bertz CT molecular complexity index is 410. The van der Waals surface area contributed by atoms with Crippen LogP contribution in [-0.4, -0.2) is 17.8 Å². The number of halogens is 2. The van der Waals surface area contributed by atoms with E-state index in [9.17, 15) is 13.9 Å². The molecule has 1 saturated carbocycles. The van der Waals surface area contributed by atoms with Crippen LogP contribution in [0.1, 0.15) is 50.0 Å². The standard InChI is InChI=1S/C16H23F2NO/c17-13-7-12(8-14(18)9-13)15(10-19)16(20)11-5-3-1-2-4-6-11/h7-9,11,15-16,20H,1-6,10,19H2. The van der Waals surface area contributed by atoms with E-state index in [-0.39, 0.29) is 12.5 Å². The molecule has 2 atom stereocenters. The molecule has 20 heavy (non-hydrogen) atoms. The van der Waals surface area contributed by atoms with Crippen LogP contribution in [0.15, 0.2) is 18.2 Å². The van der Waals surface area contributed by atoms with E-state index in [1.54, 1.807) is 0 Å². The number of aliphatic hydroxyl groups is 1. The summed E-state index contributed by atoms with van der Waals surface area (Å²) in [7, 11) is 0. The topological polar surface area (TPSA) is 46.2 Å². The van der Waals surface area contributed by atoms with Crippen LogP contribution in [0.3, 0.4) is 0 Å². The van der Waals surface area contributed by atoms with Crippen LogP contribution in [0.4, 0.5) is 8.78 Å². The average molecular weight is 283 g/mol. The van der Waals surface area contributed by atoms with Gasteiger partial charge in [0, 0.05) is 18.5 Å². The molecular formula is C16H23F2NO. The van der Waals surface area contributed by atoms with Crippen LogP contribution in [0.25, 0.3) is 0 Å². The fourth-order valence-corrected chi connectivity index (χ4v) is 3.24. The monoisotopic (exact) mass is 283 g/mol. The molecule has 0 bridgehead atoms. The highest BCUT2D eigenvalue weighted by molar-refractivity contribution is 5.23. The lowest BCUT2D eigenvalue weighted by Gasteiger charge is -2.29. The molecule has 0 spiro atoms. The second kappa shape index (κ2) is 7.14. The van der Waals surface area contributed by atoms with Crippen molar-refractivity contribution in [3.8, 4) is 0 Å². The number of benzene rings is 1. The highest BCUT2D eigenvalue weighted by Gasteiger charge is 2.29. The smallest absolute Gasteiger partial charge is 0.126 e. The fourth-order valence-electron chi connectivity index (χ4n) is 3.24. The van der Waals surface area contributed by atoms with Crippen molar-refractivity contribution in [2.24, 2.45) is 11.7 Å². The Morgan fingerprint density at radius 3 is 2.10 bits per heavy atom. The van der Waals surface area contributed by atoms with E-state index >= 15 is 0 Å². The normalized spacial score (nSPS) is 20.4. The Hall–Kier alpha value is -1.00. The predicted octanol–water partition coefficient (Wildman–Crippen LogP) is 3.34. The summed E-state index contributed by atoms with van der Waals surface area (Å²) in [6.07, 6.45) is 5.92. The van der Waals surface area contributed by atoms with Crippen LogP contribution >= 0.6 is 0 Å². The average Bonchev–Trinajstić information content (AvgIpc) is 2.67. The van der Waals surface area contributed by atoms with Crippen molar-refractivity contribution in [3.05, 3.63) is 35.4 Å². The van der Waals surface area contributed by atoms with E-state index < -0.39 is 23.7 Å². The minimum atomic E-state index is -0.626. The largest absolute Gasteiger partial charge is 0.392 e. The zero-order chi connectivity index (χ0) is 14.5. The maximum atomic E-state index is 13.3. The Labute approximate surface area is 119 Å². The molecule has 0 saturated heterocycles. The number of aliphatic hydroxyl groups excluding tert-OH is 1. The number of nitrogens with two attached hydrogens (primary N) is 1. The van der Waals surface area contributed by atoms with Gasteiger partial charge in [0.2, 0.25) is 0 Å². The molecule has 1 aliphatic rings. The summed E-state index contributed by atoms with van der Waals surface area (Å²) in [5.41, 5.74) is 6.21. The van der Waals surface area contributed by atoms with Gasteiger partial charge in [-0.3, -0.25) is 0 Å². The molecule has 0 amide bonds. The second-order valence-electron chi connectivity index (χ2n) is 5.79. The van der Waals surface area contributed by atoms with E-state index in [1.807, 2.05) is 0 Å². The van der Waals surface area contributed by atoms with Crippen molar-refractivity contribution in [1.29, 1.82) is 0 Å². The fraction of sp³-hybridized carbons (Fsp3) is 0.625. The van der Waals surface area contributed by atoms with E-state index in [4.69, 9.17) is 5.73 Å². The van der Waals surface area contributed by atoms with Gasteiger partial charge in [-0.15, -0.1) is 0 Å². The van der Waals surface area contributed by atoms with Gasteiger partial charge in [0.1, 0.15) is 11.6 Å². The highest BCUT2D eigenvalue weighted by atomic mass is 19.1. The van der Waals surface area contributed by atoms with Gasteiger partial charge in [0.05, 0.1) is 6.10 Å². The lowest BCUT2D eigenvalue weighted by Crippen LogP contribution is -2.32. The Balaban J connectivity index is 2.17. The zero-order valence-electron chi connectivity index (χ0n) is 11.7. The Kier molecular flexibility index (Phi) is 5.49. The van der Waals surface area contributed by atoms with Crippen molar-refractivity contribution < 1.29 is 13.9 Å². The molecule has 2 unspecified atom stereocenters. The molecule has 1 fully saturated rings. The summed E-state index contributed by atoms with van der Waals surface area (Å²) >= 11 is 0. The molecule has 2 nitrogen and oxygen atoms in total. The second-order valence-corrected chi connectivity index (χ2v) is 5.79. The summed E-state index contributed by atoms with van der Waals surface area (Å²) in [5.74, 6) is -1.46. The summed E-state index contributed by atoms with van der Waals surface area (Å²) in [6, 6.07) is 3.40. The third kappa shape index (κ3) is 3.76. The van der Waals surface area contributed by atoms with Gasteiger partial charge >= 0.3 is 0 Å². The first-order valence-corrected chi connectivity index (χ1v) is 7.46. The van der Waals surface area contributed by atoms with E-state index in [2.05, 4.69) is 0 Å². The van der Waals surface area contributed by atoms with Crippen molar-refractivity contribution in [2.45, 2.75) is 50.5 Å². The first-order chi connectivity index (χ1) is 9.61. The molecule has 112 valence electrons. The summed E-state index contributed by atoms with van der Waals surface area (Å²) in [6.45, 7) is 0.195. The Morgan fingerprint density at radius 2 is 1.60 bits per heavy atom. The third-order valence-electron chi connectivity index (χ3n) is 4.36. The SMILES string of the molecule is NCC(c1cc(F)cc(F)c1)C(O)C1CCCCCC1. The van der Waals surface area contributed by atoms with Gasteiger partial charge < -0.3 is 10.8 Å². The van der Waals surface area contributed by atoms with Crippen molar-refractivity contribution in [2.75, 3.05) is 6.54 Å². The molecule has 1 aromatic rings. The van der Waals surface area contributed by atoms with Gasteiger partial charge in [-0.05, 0) is 36.5 Å². The van der Waals surface area contributed by atoms with Crippen molar-refractivity contribution in [1.82, 2.24) is 0 Å². The van der Waals surface area contributed by atoms with Crippen LogP contribution in [0.5, 0.6) is 0 Å².